The highest BCUT2D eigenvalue weighted by molar-refractivity contribution is 6.74. The molecule has 0 aliphatic heterocycles. The number of nitrogens with zero attached hydrogens (tertiary/aromatic N) is 2. The van der Waals surface area contributed by atoms with Crippen LogP contribution in [0.4, 0.5) is 9.18 Å². The highest BCUT2D eigenvalue weighted by Gasteiger charge is 2.41. The van der Waals surface area contributed by atoms with Gasteiger partial charge in [0.2, 0.25) is 0 Å². The van der Waals surface area contributed by atoms with E-state index in [0.29, 0.717) is 0 Å². The molecule has 0 aliphatic rings. The van der Waals surface area contributed by atoms with Crippen molar-refractivity contribution in [2.24, 2.45) is 0 Å². The van der Waals surface area contributed by atoms with E-state index in [1.807, 2.05) is 6.07 Å². The molecule has 6 nitrogen and oxygen atoms in total. The molecule has 1 rings (SSSR count). The maximum atomic E-state index is 13.8. The maximum Gasteiger partial charge on any atom is 0.407 e. The lowest BCUT2D eigenvalue weighted by molar-refractivity contribution is 0.0335. The van der Waals surface area contributed by atoms with E-state index >= 15 is 0 Å². The van der Waals surface area contributed by atoms with Crippen LogP contribution in [0.3, 0.4) is 0 Å². The first-order valence-electron chi connectivity index (χ1n) is 10.0. The lowest BCUT2D eigenvalue weighted by Crippen LogP contribution is -2.52. The van der Waals surface area contributed by atoms with Gasteiger partial charge in [0, 0.05) is 18.5 Å². The molecule has 1 unspecified atom stereocenters. The number of aliphatic hydroxyl groups excluding tert-OH is 1. The van der Waals surface area contributed by atoms with E-state index in [1.54, 1.807) is 20.8 Å². The Kier molecular flexibility index (Phi) is 8.22. The molecule has 1 aromatic carbocycles. The van der Waals surface area contributed by atoms with Gasteiger partial charge < -0.3 is 19.5 Å². The molecule has 0 saturated carbocycles. The Balaban J connectivity index is 3.24. The Morgan fingerprint density at radius 3 is 2.23 bits per heavy atom. The van der Waals surface area contributed by atoms with Gasteiger partial charge in [-0.15, -0.1) is 0 Å². The van der Waals surface area contributed by atoms with Gasteiger partial charge in [0.25, 0.3) is 0 Å². The number of halogens is 1. The van der Waals surface area contributed by atoms with Gasteiger partial charge in [-0.3, -0.25) is 0 Å². The van der Waals surface area contributed by atoms with Gasteiger partial charge in [0.1, 0.15) is 5.82 Å². The van der Waals surface area contributed by atoms with Crippen molar-refractivity contribution >= 4 is 14.4 Å². The molecule has 8 heteroatoms. The Bertz CT molecular complexity index is 794. The van der Waals surface area contributed by atoms with E-state index in [2.05, 4.69) is 33.9 Å². The summed E-state index contributed by atoms with van der Waals surface area (Å²) in [5.41, 5.74) is -0.264. The van der Waals surface area contributed by atoms with E-state index in [0.717, 1.165) is 6.07 Å². The second kappa shape index (κ2) is 9.46. The molecule has 1 amide bonds. The van der Waals surface area contributed by atoms with Crippen LogP contribution in [-0.4, -0.2) is 47.7 Å². The van der Waals surface area contributed by atoms with Crippen LogP contribution < -0.4 is 0 Å². The third kappa shape index (κ3) is 7.08. The Morgan fingerprint density at radius 1 is 1.23 bits per heavy atom. The summed E-state index contributed by atoms with van der Waals surface area (Å²) in [6.07, 6.45) is -2.68. The molecular weight excluding hydrogens is 403 g/mol. The Hall–Kier alpha value is -1.95. The molecule has 0 radical (unpaired) electrons. The summed E-state index contributed by atoms with van der Waals surface area (Å²) in [6.45, 7) is 15.8. The lowest BCUT2D eigenvalue weighted by atomic mass is 9.99. The van der Waals surface area contributed by atoms with Gasteiger partial charge in [0.05, 0.1) is 23.8 Å². The van der Waals surface area contributed by atoms with Crippen molar-refractivity contribution in [3.8, 4) is 6.07 Å². The molecule has 1 aromatic rings. The summed E-state index contributed by atoms with van der Waals surface area (Å²) >= 11 is 0. The van der Waals surface area contributed by atoms with Crippen molar-refractivity contribution in [2.45, 2.75) is 83.8 Å². The summed E-state index contributed by atoms with van der Waals surface area (Å²) in [4.78, 5) is 13.2. The van der Waals surface area contributed by atoms with Gasteiger partial charge in [-0.1, -0.05) is 20.8 Å². The van der Waals surface area contributed by atoms with Crippen molar-refractivity contribution in [1.82, 2.24) is 4.90 Å². The number of nitriles is 1. The van der Waals surface area contributed by atoms with Crippen LogP contribution >= 0.6 is 0 Å². The minimum absolute atomic E-state index is 0.0722. The fraction of sp³-hybridized carbons (Fsp3) is 0.636. The molecular formula is C22H35FN2O4Si. The summed E-state index contributed by atoms with van der Waals surface area (Å²) in [5.74, 6) is -0.605. The number of amides is 1. The minimum Gasteiger partial charge on any atom is -0.465 e. The molecule has 0 aromatic heterocycles. The predicted molar refractivity (Wildman–Crippen MR) is 117 cm³/mol. The summed E-state index contributed by atoms with van der Waals surface area (Å²) in [7, 11) is -2.28. The number of rotatable bonds is 7. The first-order chi connectivity index (χ1) is 13.5. The van der Waals surface area contributed by atoms with E-state index in [-0.39, 0.29) is 29.1 Å². The molecule has 0 saturated heterocycles. The standard InChI is InChI=1S/C22H35FN2O4Si/c1-21(2,3)25(20(27)28)14-18(29-30(7,8)22(4,5)6)12-19(26)16-9-15(13-24)10-17(23)11-16/h9-11,18-19,26H,12,14H2,1-8H3,(H,27,28)/t18-,19?/m1/s1. The predicted octanol–water partition coefficient (Wildman–Crippen LogP) is 5.29. The van der Waals surface area contributed by atoms with E-state index in [9.17, 15) is 19.4 Å². The number of hydrogen-bond acceptors (Lipinski definition) is 4. The summed E-state index contributed by atoms with van der Waals surface area (Å²) in [5, 5.41) is 29.4. The Morgan fingerprint density at radius 2 is 1.80 bits per heavy atom. The van der Waals surface area contributed by atoms with E-state index < -0.39 is 38.0 Å². The first-order valence-corrected chi connectivity index (χ1v) is 13.0. The van der Waals surface area contributed by atoms with E-state index in [1.165, 1.54) is 17.0 Å². The molecule has 0 aliphatic carbocycles. The topological polar surface area (TPSA) is 93.8 Å². The lowest BCUT2D eigenvalue weighted by Gasteiger charge is -2.42. The fourth-order valence-electron chi connectivity index (χ4n) is 2.85. The highest BCUT2D eigenvalue weighted by atomic mass is 28.4. The molecule has 0 bridgehead atoms. The normalized spacial score (nSPS) is 14.7. The third-order valence-electron chi connectivity index (χ3n) is 5.61. The van der Waals surface area contributed by atoms with Gasteiger partial charge in [0.15, 0.2) is 8.32 Å². The molecule has 0 heterocycles. The van der Waals surface area contributed by atoms with Crippen LogP contribution in [0, 0.1) is 17.1 Å². The van der Waals surface area contributed by atoms with Crippen LogP contribution in [0.5, 0.6) is 0 Å². The van der Waals surface area contributed by atoms with Gasteiger partial charge in [-0.25, -0.2) is 9.18 Å². The zero-order chi connectivity index (χ0) is 23.5. The van der Waals surface area contributed by atoms with Crippen LogP contribution in [-0.2, 0) is 4.43 Å². The Labute approximate surface area is 180 Å². The molecule has 0 spiro atoms. The maximum absolute atomic E-state index is 13.8. The first kappa shape index (κ1) is 26.1. The summed E-state index contributed by atoms with van der Waals surface area (Å²) in [6, 6.07) is 5.61. The third-order valence-corrected chi connectivity index (χ3v) is 10.1. The van der Waals surface area contributed by atoms with Gasteiger partial charge >= 0.3 is 6.09 Å². The van der Waals surface area contributed by atoms with Crippen molar-refractivity contribution in [3.63, 3.8) is 0 Å². The zero-order valence-electron chi connectivity index (χ0n) is 19.3. The molecule has 2 N–H and O–H groups in total. The SMILES string of the molecule is CC(C)(C)N(C[C@@H](CC(O)c1cc(F)cc(C#N)c1)O[Si](C)(C)C(C)(C)C)C(=O)O. The quantitative estimate of drug-likeness (QED) is 0.564. The number of benzene rings is 1. The average molecular weight is 439 g/mol. The molecule has 2 atom stereocenters. The van der Waals surface area contributed by atoms with Crippen molar-refractivity contribution < 1.29 is 23.8 Å². The number of hydrogen-bond donors (Lipinski definition) is 2. The largest absolute Gasteiger partial charge is 0.465 e. The zero-order valence-corrected chi connectivity index (χ0v) is 20.3. The van der Waals surface area contributed by atoms with Crippen LogP contribution in [0.1, 0.15) is 65.2 Å². The monoisotopic (exact) mass is 438 g/mol. The van der Waals surface area contributed by atoms with Crippen LogP contribution in [0.25, 0.3) is 0 Å². The molecule has 168 valence electrons. The summed E-state index contributed by atoms with van der Waals surface area (Å²) < 4.78 is 20.3. The number of carbonyl (C=O) groups is 1. The number of aliphatic hydroxyl groups is 1. The molecule has 30 heavy (non-hydrogen) atoms. The van der Waals surface area contributed by atoms with Crippen LogP contribution in [0.2, 0.25) is 18.1 Å². The smallest absolute Gasteiger partial charge is 0.407 e. The second-order valence-electron chi connectivity index (χ2n) is 10.2. The van der Waals surface area contributed by atoms with Gasteiger partial charge in [-0.2, -0.15) is 5.26 Å². The fourth-order valence-corrected chi connectivity index (χ4v) is 4.21. The highest BCUT2D eigenvalue weighted by Crippen LogP contribution is 2.38. The second-order valence-corrected chi connectivity index (χ2v) is 15.0. The minimum atomic E-state index is -2.28. The van der Waals surface area contributed by atoms with Crippen molar-refractivity contribution in [3.05, 3.63) is 35.1 Å². The van der Waals surface area contributed by atoms with E-state index in [4.69, 9.17) is 9.69 Å². The average Bonchev–Trinajstić information content (AvgIpc) is 2.56. The van der Waals surface area contributed by atoms with Crippen molar-refractivity contribution in [1.29, 1.82) is 5.26 Å². The van der Waals surface area contributed by atoms with Crippen molar-refractivity contribution in [2.75, 3.05) is 6.54 Å². The molecule has 0 fully saturated rings. The number of carboxylic acid groups (broad SMARTS) is 1. The van der Waals surface area contributed by atoms with Gasteiger partial charge in [-0.05, 0) is 62.7 Å². The van der Waals surface area contributed by atoms with Crippen LogP contribution in [0.15, 0.2) is 18.2 Å².